The molecule has 0 radical (unpaired) electrons. The molecule has 8 nitrogen and oxygen atoms in total. The molecule has 1 amide bonds. The van der Waals surface area contributed by atoms with Crippen molar-refractivity contribution in [2.45, 2.75) is 11.8 Å². The van der Waals surface area contributed by atoms with Crippen LogP contribution < -0.4 is 10.1 Å². The molecule has 0 aliphatic heterocycles. The molecule has 2 aromatic carbocycles. The monoisotopic (exact) mass is 596 g/mol. The van der Waals surface area contributed by atoms with E-state index in [2.05, 4.69) is 15.5 Å². The summed E-state index contributed by atoms with van der Waals surface area (Å²) in [6.07, 6.45) is 0. The quantitative estimate of drug-likeness (QED) is 0.172. The van der Waals surface area contributed by atoms with Crippen molar-refractivity contribution in [1.82, 2.24) is 14.8 Å². The zero-order valence-electron chi connectivity index (χ0n) is 19.5. The first kappa shape index (κ1) is 27.3. The summed E-state index contributed by atoms with van der Waals surface area (Å²) < 4.78 is 12.4. The first-order valence-electron chi connectivity index (χ1n) is 10.6. The molecule has 0 unspecified atom stereocenters. The number of rotatable bonds is 9. The number of halogens is 3. The van der Waals surface area contributed by atoms with Gasteiger partial charge in [0.05, 0.1) is 17.9 Å². The van der Waals surface area contributed by atoms with Gasteiger partial charge in [-0.2, -0.15) is 0 Å². The van der Waals surface area contributed by atoms with Crippen LogP contribution in [-0.4, -0.2) is 39.5 Å². The minimum atomic E-state index is -0.549. The van der Waals surface area contributed by atoms with Crippen molar-refractivity contribution < 1.29 is 19.1 Å². The maximum atomic E-state index is 12.7. The average Bonchev–Trinajstić information content (AvgIpc) is 3.46. The fourth-order valence-corrected chi connectivity index (χ4v) is 5.38. The number of thioether (sulfide) groups is 1. The van der Waals surface area contributed by atoms with Crippen LogP contribution in [0.25, 0.3) is 11.1 Å². The number of amides is 1. The summed E-state index contributed by atoms with van der Waals surface area (Å²) in [7, 11) is 3.06. The van der Waals surface area contributed by atoms with Crippen LogP contribution in [0.4, 0.5) is 5.00 Å². The summed E-state index contributed by atoms with van der Waals surface area (Å²) >= 11 is 20.5. The van der Waals surface area contributed by atoms with E-state index >= 15 is 0 Å². The Bertz CT molecular complexity index is 1440. The van der Waals surface area contributed by atoms with Gasteiger partial charge in [-0.25, -0.2) is 4.79 Å². The number of methoxy groups -OCH3 is 1. The molecular weight excluding hydrogens is 579 g/mol. The molecule has 0 atom stereocenters. The number of anilines is 1. The van der Waals surface area contributed by atoms with Gasteiger partial charge in [-0.1, -0.05) is 58.7 Å². The van der Waals surface area contributed by atoms with E-state index in [9.17, 15) is 9.59 Å². The van der Waals surface area contributed by atoms with Gasteiger partial charge in [-0.3, -0.25) is 4.79 Å². The molecule has 0 saturated carbocycles. The van der Waals surface area contributed by atoms with Crippen molar-refractivity contribution in [2.75, 3.05) is 18.2 Å². The lowest BCUT2D eigenvalue weighted by Gasteiger charge is -2.09. The molecule has 13 heteroatoms. The van der Waals surface area contributed by atoms with E-state index in [-0.39, 0.29) is 23.8 Å². The van der Waals surface area contributed by atoms with Crippen LogP contribution in [0.5, 0.6) is 5.75 Å². The summed E-state index contributed by atoms with van der Waals surface area (Å²) in [5, 5.41) is 15.3. The highest BCUT2D eigenvalue weighted by molar-refractivity contribution is 7.99. The third-order valence-electron chi connectivity index (χ3n) is 5.10. The zero-order valence-corrected chi connectivity index (χ0v) is 23.4. The van der Waals surface area contributed by atoms with E-state index in [1.165, 1.54) is 30.2 Å². The van der Waals surface area contributed by atoms with Crippen molar-refractivity contribution in [1.29, 1.82) is 0 Å². The van der Waals surface area contributed by atoms with Gasteiger partial charge in [-0.05, 0) is 29.8 Å². The molecule has 2 heterocycles. The van der Waals surface area contributed by atoms with E-state index in [1.54, 1.807) is 59.5 Å². The lowest BCUT2D eigenvalue weighted by molar-refractivity contribution is -0.113. The normalized spacial score (nSPS) is 10.8. The van der Waals surface area contributed by atoms with Crippen molar-refractivity contribution in [3.63, 3.8) is 0 Å². The zero-order chi connectivity index (χ0) is 26.5. The Morgan fingerprint density at radius 3 is 2.54 bits per heavy atom. The molecule has 4 aromatic rings. The predicted molar refractivity (Wildman–Crippen MR) is 147 cm³/mol. The number of aromatic nitrogens is 3. The van der Waals surface area contributed by atoms with Crippen LogP contribution >= 0.6 is 57.9 Å². The van der Waals surface area contributed by atoms with Crippen molar-refractivity contribution in [3.8, 4) is 16.9 Å². The third kappa shape index (κ3) is 6.58. The number of nitrogens with one attached hydrogen (secondary N) is 1. The van der Waals surface area contributed by atoms with Gasteiger partial charge in [0.15, 0.2) is 11.0 Å². The van der Waals surface area contributed by atoms with Crippen molar-refractivity contribution in [2.24, 2.45) is 7.05 Å². The van der Waals surface area contributed by atoms with Crippen molar-refractivity contribution >= 4 is 74.8 Å². The lowest BCUT2D eigenvalue weighted by Crippen LogP contribution is -2.16. The molecule has 37 heavy (non-hydrogen) atoms. The minimum Gasteiger partial charge on any atom is -0.484 e. The number of hydrogen-bond acceptors (Lipinski definition) is 8. The van der Waals surface area contributed by atoms with Crippen LogP contribution in [0.15, 0.2) is 53.0 Å². The lowest BCUT2D eigenvalue weighted by atomic mass is 10.0. The number of benzene rings is 2. The highest BCUT2D eigenvalue weighted by atomic mass is 35.5. The topological polar surface area (TPSA) is 95.3 Å². The largest absolute Gasteiger partial charge is 0.484 e. The fraction of sp³-hybridized carbons (Fsp3) is 0.167. The summed E-state index contributed by atoms with van der Waals surface area (Å²) in [6, 6.07) is 12.0. The Balaban J connectivity index is 1.40. The maximum Gasteiger partial charge on any atom is 0.341 e. The Morgan fingerprint density at radius 2 is 1.81 bits per heavy atom. The van der Waals surface area contributed by atoms with Crippen LogP contribution in [0.3, 0.4) is 0 Å². The first-order chi connectivity index (χ1) is 17.8. The van der Waals surface area contributed by atoms with Gasteiger partial charge in [0, 0.05) is 34.1 Å². The molecular formula is C24H19Cl3N4O4S2. The number of hydrogen-bond donors (Lipinski definition) is 1. The molecule has 0 fully saturated rings. The highest BCUT2D eigenvalue weighted by Crippen LogP contribution is 2.37. The smallest absolute Gasteiger partial charge is 0.341 e. The maximum absolute atomic E-state index is 12.7. The molecule has 4 rings (SSSR count). The molecule has 0 aliphatic carbocycles. The van der Waals surface area contributed by atoms with Gasteiger partial charge in [0.2, 0.25) is 5.91 Å². The van der Waals surface area contributed by atoms with Crippen LogP contribution in [0.2, 0.25) is 15.1 Å². The van der Waals surface area contributed by atoms with E-state index < -0.39 is 5.97 Å². The number of thiophene rings is 1. The van der Waals surface area contributed by atoms with Crippen LogP contribution in [0.1, 0.15) is 16.2 Å². The first-order valence-corrected chi connectivity index (χ1v) is 13.6. The summed E-state index contributed by atoms with van der Waals surface area (Å²) in [6.45, 7) is 0.113. The number of nitrogens with zero attached hydrogens (tertiary/aromatic N) is 3. The fourth-order valence-electron chi connectivity index (χ4n) is 3.22. The van der Waals surface area contributed by atoms with Gasteiger partial charge in [0.25, 0.3) is 0 Å². The molecule has 2 aromatic heterocycles. The second-order valence-electron chi connectivity index (χ2n) is 7.51. The Kier molecular flexibility index (Phi) is 8.99. The molecule has 0 aliphatic rings. The highest BCUT2D eigenvalue weighted by Gasteiger charge is 2.23. The minimum absolute atomic E-state index is 0.0434. The van der Waals surface area contributed by atoms with Crippen molar-refractivity contribution in [3.05, 3.63) is 74.3 Å². The number of carbonyl (C=O) groups is 2. The van der Waals surface area contributed by atoms with E-state index in [0.29, 0.717) is 42.4 Å². The van der Waals surface area contributed by atoms with E-state index in [0.717, 1.165) is 5.56 Å². The Morgan fingerprint density at radius 1 is 1.08 bits per heavy atom. The van der Waals surface area contributed by atoms with Crippen LogP contribution in [0, 0.1) is 0 Å². The Labute approximate surface area is 235 Å². The predicted octanol–water partition coefficient (Wildman–Crippen LogP) is 6.60. The SMILES string of the molecule is COC(=O)c1c(-c2ccc(Cl)cc2)csc1NC(=O)CSc1nnc(COc2cc(Cl)ccc2Cl)n1C. The van der Waals surface area contributed by atoms with Gasteiger partial charge in [0.1, 0.15) is 22.9 Å². The molecule has 0 spiro atoms. The second-order valence-corrected chi connectivity index (χ2v) is 10.6. The van der Waals surface area contributed by atoms with E-state index in [1.807, 2.05) is 0 Å². The van der Waals surface area contributed by atoms with Crippen LogP contribution in [-0.2, 0) is 23.2 Å². The molecule has 0 saturated heterocycles. The second kappa shape index (κ2) is 12.2. The third-order valence-corrected chi connectivity index (χ3v) is 7.81. The number of esters is 1. The average molecular weight is 598 g/mol. The molecule has 0 bridgehead atoms. The van der Waals surface area contributed by atoms with Gasteiger partial charge in [-0.15, -0.1) is 21.5 Å². The number of carbonyl (C=O) groups excluding carboxylic acids is 2. The summed E-state index contributed by atoms with van der Waals surface area (Å²) in [4.78, 5) is 25.3. The van der Waals surface area contributed by atoms with Gasteiger partial charge >= 0.3 is 5.97 Å². The Hall–Kier alpha value is -2.76. The summed E-state index contributed by atoms with van der Waals surface area (Å²) in [5.41, 5.74) is 1.71. The number of ether oxygens (including phenoxy) is 2. The molecule has 192 valence electrons. The standard InChI is InChI=1S/C24H19Cl3N4O4S2/c1-31-19(10-35-18-9-15(26)7-8-17(18)27)29-30-24(31)37-12-20(32)28-22-21(23(33)34-2)16(11-36-22)13-3-5-14(25)6-4-13/h3-9,11H,10,12H2,1-2H3,(H,28,32). The molecule has 1 N–H and O–H groups in total. The van der Waals surface area contributed by atoms with E-state index in [4.69, 9.17) is 44.3 Å². The van der Waals surface area contributed by atoms with Gasteiger partial charge < -0.3 is 19.4 Å². The summed E-state index contributed by atoms with van der Waals surface area (Å²) in [5.74, 6) is 0.152.